The summed E-state index contributed by atoms with van der Waals surface area (Å²) in [5.74, 6) is 0.0567. The molecule has 0 radical (unpaired) electrons. The maximum atomic E-state index is 12.7. The van der Waals surface area contributed by atoms with E-state index in [0.29, 0.717) is 10.0 Å². The van der Waals surface area contributed by atoms with Crippen LogP contribution in [0.5, 0.6) is 0 Å². The number of nitrogens with zero attached hydrogens (tertiary/aromatic N) is 2. The van der Waals surface area contributed by atoms with Crippen LogP contribution in [0.3, 0.4) is 0 Å². The van der Waals surface area contributed by atoms with Gasteiger partial charge < -0.3 is 5.32 Å². The lowest BCUT2D eigenvalue weighted by atomic mass is 9.86. The Kier molecular flexibility index (Phi) is 6.42. The number of carbonyl (C=O) groups is 1. The lowest BCUT2D eigenvalue weighted by Crippen LogP contribution is -2.38. The zero-order chi connectivity index (χ0) is 21.1. The molecule has 2 atom stereocenters. The fraction of sp³-hybridized carbons (Fsp3) is 0.217. The van der Waals surface area contributed by atoms with Gasteiger partial charge in [0.25, 0.3) is 0 Å². The quantitative estimate of drug-likeness (QED) is 0.382. The number of rotatable bonds is 7. The number of amides is 1. The van der Waals surface area contributed by atoms with E-state index in [-0.39, 0.29) is 24.3 Å². The molecule has 2 aromatic heterocycles. The molecule has 1 amide bonds. The van der Waals surface area contributed by atoms with Gasteiger partial charge in [0.15, 0.2) is 4.96 Å². The van der Waals surface area contributed by atoms with Gasteiger partial charge in [-0.15, -0.1) is 11.3 Å². The summed E-state index contributed by atoms with van der Waals surface area (Å²) in [5, 5.41) is 6.55. The number of hydrogen-bond donors (Lipinski definition) is 1. The van der Waals surface area contributed by atoms with Gasteiger partial charge in [-0.25, -0.2) is 4.98 Å². The van der Waals surface area contributed by atoms with E-state index >= 15 is 0 Å². The average molecular weight is 458 g/mol. The molecule has 0 bridgehead atoms. The predicted octanol–water partition coefficient (Wildman–Crippen LogP) is 5.78. The van der Waals surface area contributed by atoms with E-state index in [4.69, 9.17) is 23.2 Å². The maximum absolute atomic E-state index is 12.7. The molecule has 0 aliphatic carbocycles. The summed E-state index contributed by atoms with van der Waals surface area (Å²) in [4.78, 5) is 18.1. The minimum absolute atomic E-state index is 0.0386. The minimum atomic E-state index is -0.0712. The molecule has 0 spiro atoms. The second kappa shape index (κ2) is 9.21. The number of nitrogens with one attached hydrogen (secondary N) is 1. The zero-order valence-electron chi connectivity index (χ0n) is 16.4. The number of imidazole rings is 1. The summed E-state index contributed by atoms with van der Waals surface area (Å²) in [6.45, 7) is 2.04. The Balaban J connectivity index is 1.49. The van der Waals surface area contributed by atoms with Crippen LogP contribution in [0, 0.1) is 0 Å². The van der Waals surface area contributed by atoms with Crippen LogP contribution in [0.25, 0.3) is 4.96 Å². The first-order valence-corrected chi connectivity index (χ1v) is 11.3. The van der Waals surface area contributed by atoms with Crippen LogP contribution < -0.4 is 5.32 Å². The van der Waals surface area contributed by atoms with Crippen molar-refractivity contribution in [3.05, 3.63) is 93.2 Å². The molecule has 7 heteroatoms. The summed E-state index contributed by atoms with van der Waals surface area (Å²) in [5.41, 5.74) is 3.06. The van der Waals surface area contributed by atoms with Crippen LogP contribution in [0.2, 0.25) is 10.0 Å². The van der Waals surface area contributed by atoms with Crippen LogP contribution in [0.4, 0.5) is 0 Å². The molecule has 0 aliphatic heterocycles. The van der Waals surface area contributed by atoms with Crippen LogP contribution >= 0.6 is 34.5 Å². The largest absolute Gasteiger partial charge is 0.353 e. The van der Waals surface area contributed by atoms with Gasteiger partial charge >= 0.3 is 0 Å². The highest BCUT2D eigenvalue weighted by atomic mass is 35.5. The van der Waals surface area contributed by atoms with E-state index in [1.165, 1.54) is 0 Å². The smallest absolute Gasteiger partial charge is 0.226 e. The van der Waals surface area contributed by atoms with Gasteiger partial charge in [-0.05, 0) is 48.7 Å². The summed E-state index contributed by atoms with van der Waals surface area (Å²) in [7, 11) is 0. The highest BCUT2D eigenvalue weighted by molar-refractivity contribution is 7.15. The Morgan fingerprint density at radius 3 is 2.43 bits per heavy atom. The van der Waals surface area contributed by atoms with Gasteiger partial charge in [-0.3, -0.25) is 9.20 Å². The fourth-order valence-corrected chi connectivity index (χ4v) is 4.57. The molecule has 2 unspecified atom stereocenters. The molecule has 2 heterocycles. The van der Waals surface area contributed by atoms with Crippen molar-refractivity contribution in [1.29, 1.82) is 0 Å². The molecule has 1 N–H and O–H groups in total. The number of fused-ring (bicyclic) bond motifs is 1. The van der Waals surface area contributed by atoms with E-state index in [1.54, 1.807) is 11.3 Å². The number of carbonyl (C=O) groups excluding carboxylic acids is 1. The van der Waals surface area contributed by atoms with Gasteiger partial charge in [-0.1, -0.05) is 47.5 Å². The normalized spacial score (nSPS) is 13.3. The third-order valence-electron chi connectivity index (χ3n) is 5.14. The van der Waals surface area contributed by atoms with Crippen LogP contribution in [-0.2, 0) is 17.6 Å². The molecule has 0 fully saturated rings. The van der Waals surface area contributed by atoms with Gasteiger partial charge in [-0.2, -0.15) is 0 Å². The monoisotopic (exact) mass is 457 g/mol. The fourth-order valence-electron chi connectivity index (χ4n) is 3.60. The lowest BCUT2D eigenvalue weighted by molar-refractivity contribution is -0.121. The highest BCUT2D eigenvalue weighted by Gasteiger charge is 2.22. The zero-order valence-corrected chi connectivity index (χ0v) is 18.7. The molecule has 4 nitrogen and oxygen atoms in total. The van der Waals surface area contributed by atoms with E-state index in [1.807, 2.05) is 77.6 Å². The highest BCUT2D eigenvalue weighted by Crippen LogP contribution is 2.27. The number of thiazole rings is 1. The number of benzene rings is 2. The first-order chi connectivity index (χ1) is 14.5. The van der Waals surface area contributed by atoms with Crippen molar-refractivity contribution in [2.75, 3.05) is 0 Å². The molecule has 154 valence electrons. The lowest BCUT2D eigenvalue weighted by Gasteiger charge is -2.26. The number of halogens is 2. The van der Waals surface area contributed by atoms with Gasteiger partial charge in [0, 0.05) is 39.8 Å². The van der Waals surface area contributed by atoms with E-state index in [2.05, 4.69) is 10.3 Å². The van der Waals surface area contributed by atoms with Crippen molar-refractivity contribution in [2.24, 2.45) is 0 Å². The van der Waals surface area contributed by atoms with Crippen molar-refractivity contribution in [3.8, 4) is 0 Å². The second-order valence-corrected chi connectivity index (χ2v) is 9.09. The molecule has 4 aromatic rings. The summed E-state index contributed by atoms with van der Waals surface area (Å²) in [6, 6.07) is 15.6. The average Bonchev–Trinajstić information content (AvgIpc) is 3.30. The van der Waals surface area contributed by atoms with Gasteiger partial charge in [0.2, 0.25) is 5.91 Å². The third-order valence-corrected chi connectivity index (χ3v) is 6.42. The summed E-state index contributed by atoms with van der Waals surface area (Å²) < 4.78 is 1.94. The molecular formula is C23H21Cl2N3OS. The van der Waals surface area contributed by atoms with Crippen LogP contribution in [0.15, 0.2) is 66.3 Å². The standard InChI is InChI=1S/C23H21Cl2N3OS/c1-15(26-22(29)13-20-14-28-10-11-30-23(28)27-20)21(17-4-8-19(25)9-5-17)12-16-2-6-18(24)7-3-16/h2-11,14-15,21H,12-13H2,1H3,(H,26,29). The molecule has 0 saturated heterocycles. The topological polar surface area (TPSA) is 46.4 Å². The number of hydrogen-bond acceptors (Lipinski definition) is 3. The Morgan fingerprint density at radius 1 is 1.10 bits per heavy atom. The first kappa shape index (κ1) is 20.9. The molecule has 4 rings (SSSR count). The van der Waals surface area contributed by atoms with Crippen molar-refractivity contribution in [3.63, 3.8) is 0 Å². The maximum Gasteiger partial charge on any atom is 0.226 e. The van der Waals surface area contributed by atoms with Crippen molar-refractivity contribution >= 4 is 45.4 Å². The molecule has 0 aliphatic rings. The molecular weight excluding hydrogens is 437 g/mol. The Hall–Kier alpha value is -2.34. The first-order valence-electron chi connectivity index (χ1n) is 9.68. The predicted molar refractivity (Wildman–Crippen MR) is 124 cm³/mol. The number of aromatic nitrogens is 2. The minimum Gasteiger partial charge on any atom is -0.353 e. The van der Waals surface area contributed by atoms with Crippen molar-refractivity contribution in [2.45, 2.75) is 31.7 Å². The SMILES string of the molecule is CC(NC(=O)Cc1cn2ccsc2n1)C(Cc1ccc(Cl)cc1)c1ccc(Cl)cc1. The molecule has 2 aromatic carbocycles. The van der Waals surface area contributed by atoms with E-state index in [9.17, 15) is 4.79 Å². The van der Waals surface area contributed by atoms with Crippen molar-refractivity contribution < 1.29 is 4.79 Å². The molecule has 0 saturated carbocycles. The van der Waals surface area contributed by atoms with E-state index < -0.39 is 0 Å². The van der Waals surface area contributed by atoms with Gasteiger partial charge in [0.05, 0.1) is 12.1 Å². The van der Waals surface area contributed by atoms with Crippen LogP contribution in [0.1, 0.15) is 29.7 Å². The summed E-state index contributed by atoms with van der Waals surface area (Å²) >= 11 is 13.7. The van der Waals surface area contributed by atoms with E-state index in [0.717, 1.165) is 28.2 Å². The third kappa shape index (κ3) is 5.04. The second-order valence-electron chi connectivity index (χ2n) is 7.35. The van der Waals surface area contributed by atoms with Gasteiger partial charge in [0.1, 0.15) is 0 Å². The Morgan fingerprint density at radius 2 is 1.77 bits per heavy atom. The Labute approximate surface area is 189 Å². The molecule has 30 heavy (non-hydrogen) atoms. The van der Waals surface area contributed by atoms with Crippen molar-refractivity contribution in [1.82, 2.24) is 14.7 Å². The van der Waals surface area contributed by atoms with Crippen LogP contribution in [-0.4, -0.2) is 21.3 Å². The summed E-state index contributed by atoms with van der Waals surface area (Å²) in [6.07, 6.45) is 4.88. The Bertz CT molecular complexity index is 1110.